The van der Waals surface area contributed by atoms with Gasteiger partial charge in [0.1, 0.15) is 5.50 Å². The number of carbonyl (C=O) groups is 1. The Morgan fingerprint density at radius 1 is 1.25 bits per heavy atom. The van der Waals surface area contributed by atoms with Crippen LogP contribution in [-0.4, -0.2) is 14.7 Å². The van der Waals surface area contributed by atoms with Crippen LogP contribution in [0.15, 0.2) is 43.0 Å². The number of rotatable bonds is 9. The van der Waals surface area contributed by atoms with E-state index in [9.17, 15) is 4.79 Å². The molecule has 3 nitrogen and oxygen atoms in total. The first kappa shape index (κ1) is 19.4. The molecule has 1 aromatic heterocycles. The molecule has 130 valence electrons. The third-order valence-corrected chi connectivity index (χ3v) is 5.88. The fourth-order valence-electron chi connectivity index (χ4n) is 2.40. The second kappa shape index (κ2) is 10.1. The number of thioether (sulfide) groups is 1. The van der Waals surface area contributed by atoms with Gasteiger partial charge in [-0.1, -0.05) is 73.3 Å². The van der Waals surface area contributed by atoms with Crippen molar-refractivity contribution in [2.75, 3.05) is 0 Å². The van der Waals surface area contributed by atoms with Crippen molar-refractivity contribution in [3.05, 3.63) is 53.6 Å². The van der Waals surface area contributed by atoms with Gasteiger partial charge in [-0.05, 0) is 24.1 Å². The maximum absolute atomic E-state index is 12.4. The monoisotopic (exact) mass is 384 g/mol. The van der Waals surface area contributed by atoms with Crippen LogP contribution in [0.3, 0.4) is 0 Å². The third kappa shape index (κ3) is 5.83. The van der Waals surface area contributed by atoms with Gasteiger partial charge in [-0.3, -0.25) is 4.79 Å². The summed E-state index contributed by atoms with van der Waals surface area (Å²) in [4.78, 5) is 16.4. The molecule has 1 heterocycles. The Kier molecular flexibility index (Phi) is 8.16. The summed E-state index contributed by atoms with van der Waals surface area (Å²) in [7, 11) is 0. The first-order chi connectivity index (χ1) is 11.6. The standard InChI is InChI=1S/C18H22Cl2N2OS/c1-2-3-4-5-6-16(23)24-17(14-7-9-15(19)10-8-14)18(20)22-12-11-21-13-22/h7-13,17-18H,2-6H2,1H3. The predicted octanol–water partition coefficient (Wildman–Crippen LogP) is 6.25. The molecule has 0 amide bonds. The van der Waals surface area contributed by atoms with Gasteiger partial charge in [0.25, 0.3) is 0 Å². The van der Waals surface area contributed by atoms with Crippen LogP contribution in [0.5, 0.6) is 0 Å². The molecule has 0 N–H and O–H groups in total. The van der Waals surface area contributed by atoms with Crippen LogP contribution < -0.4 is 0 Å². The molecule has 6 heteroatoms. The minimum atomic E-state index is -0.390. The van der Waals surface area contributed by atoms with Gasteiger partial charge in [0.15, 0.2) is 5.12 Å². The fourth-order valence-corrected chi connectivity index (χ4v) is 4.04. The molecule has 1 aromatic carbocycles. The number of benzene rings is 1. The van der Waals surface area contributed by atoms with E-state index in [-0.39, 0.29) is 10.4 Å². The van der Waals surface area contributed by atoms with E-state index >= 15 is 0 Å². The van der Waals surface area contributed by atoms with E-state index in [1.807, 2.05) is 35.0 Å². The maximum Gasteiger partial charge on any atom is 0.189 e. The molecule has 2 unspecified atom stereocenters. The number of unbranched alkanes of at least 4 members (excludes halogenated alkanes) is 3. The summed E-state index contributed by atoms with van der Waals surface area (Å²) in [6, 6.07) is 7.51. The quantitative estimate of drug-likeness (QED) is 0.378. The summed E-state index contributed by atoms with van der Waals surface area (Å²) in [5, 5.41) is 0.663. The van der Waals surface area contributed by atoms with Crippen molar-refractivity contribution in [3.63, 3.8) is 0 Å². The van der Waals surface area contributed by atoms with Crippen molar-refractivity contribution in [2.45, 2.75) is 49.8 Å². The molecule has 0 aliphatic carbocycles. The Hall–Kier alpha value is -0.970. The van der Waals surface area contributed by atoms with Crippen molar-refractivity contribution in [2.24, 2.45) is 0 Å². The van der Waals surface area contributed by atoms with Crippen LogP contribution in [0.1, 0.15) is 55.3 Å². The average molecular weight is 385 g/mol. The lowest BCUT2D eigenvalue weighted by atomic mass is 10.1. The lowest BCUT2D eigenvalue weighted by Gasteiger charge is -2.22. The summed E-state index contributed by atoms with van der Waals surface area (Å²) >= 11 is 13.9. The molecule has 0 saturated heterocycles. The van der Waals surface area contributed by atoms with Crippen LogP contribution in [0, 0.1) is 0 Å². The highest BCUT2D eigenvalue weighted by Gasteiger charge is 2.26. The first-order valence-corrected chi connectivity index (χ1v) is 9.87. The average Bonchev–Trinajstić information content (AvgIpc) is 3.11. The summed E-state index contributed by atoms with van der Waals surface area (Å²) in [5.74, 6) is 0. The zero-order valence-corrected chi connectivity index (χ0v) is 16.0. The van der Waals surface area contributed by atoms with Gasteiger partial charge >= 0.3 is 0 Å². The van der Waals surface area contributed by atoms with Gasteiger partial charge in [-0.15, -0.1) is 0 Å². The van der Waals surface area contributed by atoms with Gasteiger partial charge in [0, 0.05) is 23.8 Å². The van der Waals surface area contributed by atoms with Crippen molar-refractivity contribution in [1.29, 1.82) is 0 Å². The van der Waals surface area contributed by atoms with Crippen LogP contribution in [0.4, 0.5) is 0 Å². The van der Waals surface area contributed by atoms with Crippen LogP contribution in [0.2, 0.25) is 5.02 Å². The van der Waals surface area contributed by atoms with E-state index in [1.165, 1.54) is 24.6 Å². The zero-order valence-electron chi connectivity index (χ0n) is 13.7. The van der Waals surface area contributed by atoms with E-state index in [4.69, 9.17) is 23.2 Å². The molecular formula is C18H22Cl2N2OS. The third-order valence-electron chi connectivity index (χ3n) is 3.75. The normalized spacial score (nSPS) is 13.6. The Morgan fingerprint density at radius 2 is 2.00 bits per heavy atom. The van der Waals surface area contributed by atoms with Crippen molar-refractivity contribution in [1.82, 2.24) is 9.55 Å². The molecule has 2 rings (SSSR count). The summed E-state index contributed by atoms with van der Waals surface area (Å²) in [6.07, 6.45) is 10.1. The molecule has 2 aromatic rings. The Labute approximate surface area is 157 Å². The van der Waals surface area contributed by atoms with Gasteiger partial charge in [0.2, 0.25) is 0 Å². The molecule has 0 spiro atoms. The van der Waals surface area contributed by atoms with Gasteiger partial charge in [-0.2, -0.15) is 0 Å². The number of aromatic nitrogens is 2. The number of alkyl halides is 1. The second-order valence-electron chi connectivity index (χ2n) is 5.66. The van der Waals surface area contributed by atoms with Gasteiger partial charge in [-0.25, -0.2) is 4.98 Å². The molecule has 24 heavy (non-hydrogen) atoms. The maximum atomic E-state index is 12.4. The molecule has 2 atom stereocenters. The number of halogens is 2. The molecular weight excluding hydrogens is 363 g/mol. The minimum absolute atomic E-state index is 0.178. The van der Waals surface area contributed by atoms with Crippen molar-refractivity contribution < 1.29 is 4.79 Å². The lowest BCUT2D eigenvalue weighted by molar-refractivity contribution is -0.111. The Morgan fingerprint density at radius 3 is 2.62 bits per heavy atom. The topological polar surface area (TPSA) is 34.9 Å². The van der Waals surface area contributed by atoms with Gasteiger partial charge in [0.05, 0.1) is 11.6 Å². The predicted molar refractivity (Wildman–Crippen MR) is 103 cm³/mol. The van der Waals surface area contributed by atoms with E-state index in [0.29, 0.717) is 11.4 Å². The molecule has 0 aliphatic rings. The number of carbonyl (C=O) groups excluding carboxylic acids is 1. The van der Waals surface area contributed by atoms with E-state index in [1.54, 1.807) is 12.5 Å². The smallest absolute Gasteiger partial charge is 0.189 e. The van der Waals surface area contributed by atoms with Crippen LogP contribution in [0.25, 0.3) is 0 Å². The number of hydrogen-bond acceptors (Lipinski definition) is 3. The van der Waals surface area contributed by atoms with E-state index < -0.39 is 5.50 Å². The summed E-state index contributed by atoms with van der Waals surface area (Å²) in [6.45, 7) is 2.16. The van der Waals surface area contributed by atoms with E-state index in [0.717, 1.165) is 18.4 Å². The van der Waals surface area contributed by atoms with Crippen LogP contribution in [-0.2, 0) is 4.79 Å². The van der Waals surface area contributed by atoms with E-state index in [2.05, 4.69) is 11.9 Å². The lowest BCUT2D eigenvalue weighted by Crippen LogP contribution is -2.11. The SMILES string of the molecule is CCCCCCC(=O)SC(c1ccc(Cl)cc1)C(Cl)n1ccnc1. The zero-order chi connectivity index (χ0) is 17.4. The second-order valence-corrected chi connectivity index (χ2v) is 7.74. The summed E-state index contributed by atoms with van der Waals surface area (Å²) < 4.78 is 1.82. The number of hydrogen-bond donors (Lipinski definition) is 0. The molecule has 0 fully saturated rings. The van der Waals surface area contributed by atoms with Crippen LogP contribution >= 0.6 is 35.0 Å². The van der Waals surface area contributed by atoms with Crippen molar-refractivity contribution >= 4 is 40.1 Å². The number of imidazole rings is 1. The molecule has 0 bridgehead atoms. The van der Waals surface area contributed by atoms with Crippen molar-refractivity contribution in [3.8, 4) is 0 Å². The Bertz CT molecular complexity index is 616. The Balaban J connectivity index is 2.08. The minimum Gasteiger partial charge on any atom is -0.319 e. The summed E-state index contributed by atoms with van der Waals surface area (Å²) in [5.41, 5.74) is 0.596. The first-order valence-electron chi connectivity index (χ1n) is 8.18. The molecule has 0 aliphatic heterocycles. The highest BCUT2D eigenvalue weighted by Crippen LogP contribution is 2.42. The molecule has 0 radical (unpaired) electrons. The van der Waals surface area contributed by atoms with Gasteiger partial charge < -0.3 is 4.57 Å². The number of nitrogens with zero attached hydrogens (tertiary/aromatic N) is 2. The highest BCUT2D eigenvalue weighted by molar-refractivity contribution is 8.13. The fraction of sp³-hybridized carbons (Fsp3) is 0.444. The highest BCUT2D eigenvalue weighted by atomic mass is 35.5. The molecule has 0 saturated carbocycles. The largest absolute Gasteiger partial charge is 0.319 e.